The predicted molar refractivity (Wildman–Crippen MR) is 86.1 cm³/mol. The highest BCUT2D eigenvalue weighted by Gasteiger charge is 2.31. The lowest BCUT2D eigenvalue weighted by Gasteiger charge is -2.35. The van der Waals surface area contributed by atoms with Gasteiger partial charge in [-0.15, -0.1) is 0 Å². The van der Waals surface area contributed by atoms with E-state index in [0.717, 1.165) is 28.7 Å². The van der Waals surface area contributed by atoms with Crippen LogP contribution in [0.3, 0.4) is 0 Å². The highest BCUT2D eigenvalue weighted by molar-refractivity contribution is 9.10. The molecule has 114 valence electrons. The number of imide groups is 1. The van der Waals surface area contributed by atoms with Gasteiger partial charge in [-0.25, -0.2) is 0 Å². The fourth-order valence-corrected chi connectivity index (χ4v) is 2.79. The Labute approximate surface area is 133 Å². The quantitative estimate of drug-likeness (QED) is 0.625. The summed E-state index contributed by atoms with van der Waals surface area (Å²) in [4.78, 5) is 25.3. The first kappa shape index (κ1) is 16.0. The molecule has 2 N–H and O–H groups in total. The fraction of sp³-hybridized carbons (Fsp3) is 0.467. The molecule has 2 amide bonds. The van der Waals surface area contributed by atoms with Crippen LogP contribution in [-0.4, -0.2) is 30.9 Å². The number of nitrogens with one attached hydrogen (secondary N) is 2. The maximum Gasteiger partial charge on any atom is 0.249 e. The lowest BCUT2D eigenvalue weighted by Crippen LogP contribution is -2.57. The molecule has 21 heavy (non-hydrogen) atoms. The van der Waals surface area contributed by atoms with E-state index in [2.05, 4.69) is 33.5 Å². The standard InChI is InChI=1S/C15H20BrN3O2/c1-3-6-17-8-11-7-12(16)4-5-13(11)19-9-14(20)18-15(21)10(19)2/h4-5,7,10,17H,3,6,8-9H2,1-2H3,(H,18,20,21). The molecule has 6 heteroatoms. The molecule has 5 nitrogen and oxygen atoms in total. The minimum absolute atomic E-state index is 0.204. The molecule has 1 fully saturated rings. The molecular formula is C15H20BrN3O2. The van der Waals surface area contributed by atoms with Crippen molar-refractivity contribution in [3.8, 4) is 0 Å². The summed E-state index contributed by atoms with van der Waals surface area (Å²) in [5.74, 6) is -0.505. The third-order valence-electron chi connectivity index (χ3n) is 3.52. The number of nitrogens with zero attached hydrogens (tertiary/aromatic N) is 1. The zero-order valence-corrected chi connectivity index (χ0v) is 13.9. The van der Waals surface area contributed by atoms with E-state index in [4.69, 9.17) is 0 Å². The molecule has 1 heterocycles. The number of piperazine rings is 1. The molecule has 1 atom stereocenters. The summed E-state index contributed by atoms with van der Waals surface area (Å²) < 4.78 is 0.986. The van der Waals surface area contributed by atoms with Crippen molar-refractivity contribution < 1.29 is 9.59 Å². The summed E-state index contributed by atoms with van der Waals surface area (Å²) in [6.07, 6.45) is 1.06. The van der Waals surface area contributed by atoms with Gasteiger partial charge in [-0.2, -0.15) is 0 Å². The SMILES string of the molecule is CCCNCc1cc(Br)ccc1N1CC(=O)NC(=O)C1C. The topological polar surface area (TPSA) is 61.4 Å². The number of amides is 2. The first-order valence-electron chi connectivity index (χ1n) is 7.12. The zero-order valence-electron chi connectivity index (χ0n) is 12.3. The van der Waals surface area contributed by atoms with Crippen molar-refractivity contribution in [2.75, 3.05) is 18.0 Å². The van der Waals surface area contributed by atoms with Gasteiger partial charge in [-0.1, -0.05) is 22.9 Å². The summed E-state index contributed by atoms with van der Waals surface area (Å²) in [6, 6.07) is 5.56. The van der Waals surface area contributed by atoms with Crippen LogP contribution in [0.1, 0.15) is 25.8 Å². The Balaban J connectivity index is 2.28. The van der Waals surface area contributed by atoms with Crippen LogP contribution in [0.5, 0.6) is 0 Å². The molecule has 0 aliphatic carbocycles. The lowest BCUT2D eigenvalue weighted by molar-refractivity contribution is -0.132. The molecule has 0 saturated carbocycles. The number of rotatable bonds is 5. The largest absolute Gasteiger partial charge is 0.350 e. The van der Waals surface area contributed by atoms with Gasteiger partial charge in [0.05, 0.1) is 6.54 Å². The minimum atomic E-state index is -0.353. The minimum Gasteiger partial charge on any atom is -0.350 e. The Kier molecular flexibility index (Phi) is 5.36. The first-order valence-corrected chi connectivity index (χ1v) is 7.91. The highest BCUT2D eigenvalue weighted by atomic mass is 79.9. The lowest BCUT2D eigenvalue weighted by atomic mass is 10.1. The third kappa shape index (κ3) is 3.83. The zero-order chi connectivity index (χ0) is 15.4. The second kappa shape index (κ2) is 7.04. The van der Waals surface area contributed by atoms with E-state index in [1.807, 2.05) is 30.0 Å². The van der Waals surface area contributed by atoms with Gasteiger partial charge in [0.25, 0.3) is 0 Å². The Morgan fingerprint density at radius 1 is 1.43 bits per heavy atom. The molecule has 1 aromatic rings. The van der Waals surface area contributed by atoms with Crippen molar-refractivity contribution in [1.29, 1.82) is 0 Å². The number of hydrogen-bond donors (Lipinski definition) is 2. The Bertz CT molecular complexity index is 548. The maximum absolute atomic E-state index is 11.8. The van der Waals surface area contributed by atoms with E-state index in [1.165, 1.54) is 0 Å². The van der Waals surface area contributed by atoms with Crippen molar-refractivity contribution in [3.63, 3.8) is 0 Å². The van der Waals surface area contributed by atoms with Crippen molar-refractivity contribution in [1.82, 2.24) is 10.6 Å². The Hall–Kier alpha value is -1.40. The number of hydrogen-bond acceptors (Lipinski definition) is 4. The smallest absolute Gasteiger partial charge is 0.249 e. The van der Waals surface area contributed by atoms with Crippen molar-refractivity contribution in [2.24, 2.45) is 0 Å². The van der Waals surface area contributed by atoms with Crippen molar-refractivity contribution >= 4 is 33.4 Å². The van der Waals surface area contributed by atoms with E-state index in [1.54, 1.807) is 0 Å². The molecule has 0 spiro atoms. The molecule has 0 aromatic heterocycles. The molecule has 1 aliphatic heterocycles. The number of carbonyl (C=O) groups excluding carboxylic acids is 2. The average Bonchev–Trinajstić information content (AvgIpc) is 2.44. The Morgan fingerprint density at radius 3 is 2.90 bits per heavy atom. The molecule has 1 aromatic carbocycles. The summed E-state index contributed by atoms with van der Waals surface area (Å²) in [7, 11) is 0. The molecule has 2 rings (SSSR count). The number of benzene rings is 1. The van der Waals surface area contributed by atoms with Crippen LogP contribution < -0.4 is 15.5 Å². The first-order chi connectivity index (χ1) is 10.0. The van der Waals surface area contributed by atoms with E-state index >= 15 is 0 Å². The summed E-state index contributed by atoms with van der Waals surface area (Å²) in [6.45, 7) is 5.77. The number of carbonyl (C=O) groups is 2. The van der Waals surface area contributed by atoms with Gasteiger partial charge in [-0.3, -0.25) is 14.9 Å². The predicted octanol–water partition coefficient (Wildman–Crippen LogP) is 1.80. The summed E-state index contributed by atoms with van der Waals surface area (Å²) in [5, 5.41) is 5.73. The second-order valence-corrected chi connectivity index (χ2v) is 6.08. The normalized spacial score (nSPS) is 18.8. The monoisotopic (exact) mass is 353 g/mol. The molecule has 1 aliphatic rings. The summed E-state index contributed by atoms with van der Waals surface area (Å²) >= 11 is 3.48. The van der Waals surface area contributed by atoms with Gasteiger partial charge in [-0.05, 0) is 43.7 Å². The third-order valence-corrected chi connectivity index (χ3v) is 4.01. The van der Waals surface area contributed by atoms with E-state index in [0.29, 0.717) is 6.54 Å². The fourth-order valence-electron chi connectivity index (χ4n) is 2.38. The van der Waals surface area contributed by atoms with Gasteiger partial charge >= 0.3 is 0 Å². The van der Waals surface area contributed by atoms with Gasteiger partial charge < -0.3 is 10.2 Å². The van der Waals surface area contributed by atoms with Gasteiger partial charge in [0, 0.05) is 16.7 Å². The van der Waals surface area contributed by atoms with Crippen LogP contribution in [-0.2, 0) is 16.1 Å². The molecular weight excluding hydrogens is 334 g/mol. The van der Waals surface area contributed by atoms with E-state index in [9.17, 15) is 9.59 Å². The van der Waals surface area contributed by atoms with Crippen LogP contribution in [0.15, 0.2) is 22.7 Å². The molecule has 0 bridgehead atoms. The molecule has 0 radical (unpaired) electrons. The maximum atomic E-state index is 11.8. The number of anilines is 1. The van der Waals surface area contributed by atoms with Crippen LogP contribution in [0.4, 0.5) is 5.69 Å². The average molecular weight is 354 g/mol. The Morgan fingerprint density at radius 2 is 2.19 bits per heavy atom. The number of halogens is 1. The molecule has 1 unspecified atom stereocenters. The highest BCUT2D eigenvalue weighted by Crippen LogP contribution is 2.27. The van der Waals surface area contributed by atoms with Crippen LogP contribution >= 0.6 is 15.9 Å². The van der Waals surface area contributed by atoms with Crippen LogP contribution in [0.2, 0.25) is 0 Å². The summed E-state index contributed by atoms with van der Waals surface area (Å²) in [5.41, 5.74) is 2.00. The van der Waals surface area contributed by atoms with E-state index < -0.39 is 0 Å². The van der Waals surface area contributed by atoms with Crippen LogP contribution in [0, 0.1) is 0 Å². The van der Waals surface area contributed by atoms with Crippen LogP contribution in [0.25, 0.3) is 0 Å². The van der Waals surface area contributed by atoms with Gasteiger partial charge in [0.1, 0.15) is 6.04 Å². The van der Waals surface area contributed by atoms with E-state index in [-0.39, 0.29) is 24.4 Å². The van der Waals surface area contributed by atoms with Crippen molar-refractivity contribution in [2.45, 2.75) is 32.9 Å². The molecule has 1 saturated heterocycles. The van der Waals surface area contributed by atoms with Gasteiger partial charge in [0.2, 0.25) is 11.8 Å². The van der Waals surface area contributed by atoms with Gasteiger partial charge in [0.15, 0.2) is 0 Å². The van der Waals surface area contributed by atoms with Crippen molar-refractivity contribution in [3.05, 3.63) is 28.2 Å². The second-order valence-electron chi connectivity index (χ2n) is 5.17.